The third kappa shape index (κ3) is 5.43. The Morgan fingerprint density at radius 1 is 1.12 bits per heavy atom. The maximum Gasteiger partial charge on any atom is 0.252 e. The van der Waals surface area contributed by atoms with Gasteiger partial charge in [-0.2, -0.15) is 0 Å². The number of Topliss-reactive ketones (excluding diaryl/α,β-unsaturated/α-hetero) is 1. The number of piperazine rings is 1. The van der Waals surface area contributed by atoms with Crippen molar-refractivity contribution in [2.45, 2.75) is 44.1 Å². The van der Waals surface area contributed by atoms with E-state index in [1.807, 2.05) is 12.1 Å². The molecule has 174 valence electrons. The number of hydrogen-bond donors (Lipinski definition) is 1. The molecule has 0 bridgehead atoms. The number of nitrogens with one attached hydrogen (secondary N) is 1. The van der Waals surface area contributed by atoms with Gasteiger partial charge in [-0.15, -0.1) is 11.3 Å². The van der Waals surface area contributed by atoms with Crippen molar-refractivity contribution in [3.05, 3.63) is 46.6 Å². The van der Waals surface area contributed by atoms with Crippen molar-refractivity contribution in [2.24, 2.45) is 0 Å². The van der Waals surface area contributed by atoms with Gasteiger partial charge in [-0.3, -0.25) is 9.59 Å². The van der Waals surface area contributed by atoms with Gasteiger partial charge in [0.05, 0.1) is 17.7 Å². The van der Waals surface area contributed by atoms with Gasteiger partial charge in [0, 0.05) is 42.7 Å². The first-order valence-electron chi connectivity index (χ1n) is 11.7. The van der Waals surface area contributed by atoms with Gasteiger partial charge in [-0.05, 0) is 32.0 Å². The fraction of sp³-hybridized carbons (Fsp3) is 0.520. The minimum absolute atomic E-state index is 0.0120. The maximum atomic E-state index is 13.0. The zero-order valence-corrected chi connectivity index (χ0v) is 20.0. The van der Waals surface area contributed by atoms with Gasteiger partial charge in [0.1, 0.15) is 0 Å². The van der Waals surface area contributed by atoms with Crippen LogP contribution in [0.5, 0.6) is 0 Å². The zero-order valence-electron chi connectivity index (χ0n) is 19.2. The molecule has 2 aromatic rings. The van der Waals surface area contributed by atoms with E-state index in [4.69, 9.17) is 11.6 Å². The average molecular weight is 466 g/mol. The summed E-state index contributed by atoms with van der Waals surface area (Å²) in [6.07, 6.45) is 4.42. The molecular formula is C25H31N5O2S. The van der Waals surface area contributed by atoms with E-state index in [0.29, 0.717) is 18.4 Å². The minimum atomic E-state index is -0.828. The molecule has 0 radical (unpaired) electrons. The lowest BCUT2D eigenvalue weighted by molar-refractivity contribution is -0.126. The summed E-state index contributed by atoms with van der Waals surface area (Å²) in [7, 11) is 2.14. The number of likely N-dealkylation sites (N-methyl/N-ethyl adjacent to an activating group) is 1. The Labute approximate surface area is 199 Å². The van der Waals surface area contributed by atoms with Gasteiger partial charge in [-0.1, -0.05) is 31.4 Å². The third-order valence-electron chi connectivity index (χ3n) is 6.75. The second-order valence-corrected chi connectivity index (χ2v) is 9.87. The molecule has 2 fully saturated rings. The van der Waals surface area contributed by atoms with Crippen molar-refractivity contribution in [3.8, 4) is 11.3 Å². The summed E-state index contributed by atoms with van der Waals surface area (Å²) >= 11 is 1.65. The number of thiazole rings is 1. The topological polar surface area (TPSA) is 69.9 Å². The third-order valence-corrected chi connectivity index (χ3v) is 7.65. The number of ketones is 1. The molecule has 1 aromatic heterocycles. The molecule has 0 unspecified atom stereocenters. The second kappa shape index (κ2) is 10.4. The molecule has 2 heterocycles. The van der Waals surface area contributed by atoms with Crippen LogP contribution in [0.1, 0.15) is 48.9 Å². The van der Waals surface area contributed by atoms with Crippen LogP contribution in [0.15, 0.2) is 29.6 Å². The highest BCUT2D eigenvalue weighted by atomic mass is 32.1. The molecular weight excluding hydrogens is 434 g/mol. The predicted octanol–water partition coefficient (Wildman–Crippen LogP) is 3.87. The van der Waals surface area contributed by atoms with E-state index in [0.717, 1.165) is 61.8 Å². The summed E-state index contributed by atoms with van der Waals surface area (Å²) < 4.78 is 0. The van der Waals surface area contributed by atoms with Crippen LogP contribution in [-0.2, 0) is 4.79 Å². The number of rotatable bonds is 7. The van der Waals surface area contributed by atoms with Crippen LogP contribution in [0.3, 0.4) is 0 Å². The van der Waals surface area contributed by atoms with E-state index in [9.17, 15) is 9.59 Å². The number of aromatic nitrogens is 1. The molecule has 1 aliphatic heterocycles. The molecule has 8 heteroatoms. The Morgan fingerprint density at radius 3 is 2.48 bits per heavy atom. The number of nitrogens with zero attached hydrogens (tertiary/aromatic N) is 4. The van der Waals surface area contributed by atoms with E-state index in [2.05, 4.69) is 32.4 Å². The Hall–Kier alpha value is -2.76. The number of carbonyl (C=O) groups is 2. The van der Waals surface area contributed by atoms with E-state index in [1.54, 1.807) is 23.5 Å². The SMILES string of the molecule is [C-]#[N+]CCC(=O)C1(NC(=O)c2ccc(-c3csc(N4CCN(C)CC4)n3)cc2)CCCCC1. The van der Waals surface area contributed by atoms with Gasteiger partial charge in [0.2, 0.25) is 6.54 Å². The number of amides is 1. The highest BCUT2D eigenvalue weighted by Gasteiger charge is 2.40. The van der Waals surface area contributed by atoms with Crippen LogP contribution in [0.2, 0.25) is 0 Å². The van der Waals surface area contributed by atoms with Crippen molar-refractivity contribution < 1.29 is 9.59 Å². The van der Waals surface area contributed by atoms with Crippen LogP contribution < -0.4 is 10.2 Å². The van der Waals surface area contributed by atoms with Gasteiger partial charge in [-0.25, -0.2) is 11.6 Å². The summed E-state index contributed by atoms with van der Waals surface area (Å²) in [4.78, 5) is 38.7. The summed E-state index contributed by atoms with van der Waals surface area (Å²) in [5, 5.41) is 6.16. The molecule has 1 N–H and O–H groups in total. The minimum Gasteiger partial charge on any atom is -0.346 e. The Bertz CT molecular complexity index is 1010. The van der Waals surface area contributed by atoms with E-state index in [-0.39, 0.29) is 24.7 Å². The first kappa shape index (κ1) is 23.4. The molecule has 1 aromatic carbocycles. The molecule has 1 saturated carbocycles. The lowest BCUT2D eigenvalue weighted by Crippen LogP contribution is -2.55. The number of carbonyl (C=O) groups excluding carboxylic acids is 2. The van der Waals surface area contributed by atoms with Crippen LogP contribution in [0.4, 0.5) is 5.13 Å². The highest BCUT2D eigenvalue weighted by molar-refractivity contribution is 7.14. The summed E-state index contributed by atoms with van der Waals surface area (Å²) in [6, 6.07) is 7.46. The van der Waals surface area contributed by atoms with E-state index < -0.39 is 5.54 Å². The molecule has 1 aliphatic carbocycles. The summed E-state index contributed by atoms with van der Waals surface area (Å²) in [5.41, 5.74) is 1.60. The fourth-order valence-corrected chi connectivity index (χ4v) is 5.54. The van der Waals surface area contributed by atoms with Crippen molar-refractivity contribution in [1.82, 2.24) is 15.2 Å². The Balaban J connectivity index is 1.44. The van der Waals surface area contributed by atoms with Gasteiger partial charge >= 0.3 is 0 Å². The standard InChI is InChI=1S/C25H31N5O2S/c1-26-13-10-22(31)25(11-4-3-5-12-25)28-23(32)20-8-6-19(7-9-20)21-18-33-24(27-21)30-16-14-29(2)15-17-30/h6-9,18H,3-5,10-17H2,2H3,(H,28,32). The molecule has 0 atom stereocenters. The molecule has 0 spiro atoms. The molecule has 33 heavy (non-hydrogen) atoms. The van der Waals surface area contributed by atoms with E-state index >= 15 is 0 Å². The molecule has 2 aliphatic rings. The summed E-state index contributed by atoms with van der Waals surface area (Å²) in [5.74, 6) is -0.238. The number of benzene rings is 1. The smallest absolute Gasteiger partial charge is 0.252 e. The van der Waals surface area contributed by atoms with Gasteiger partial charge in [0.25, 0.3) is 5.91 Å². The zero-order chi connectivity index (χ0) is 23.3. The molecule has 7 nitrogen and oxygen atoms in total. The number of hydrogen-bond acceptors (Lipinski definition) is 6. The Kier molecular flexibility index (Phi) is 7.41. The van der Waals surface area contributed by atoms with Gasteiger partial charge < -0.3 is 20.0 Å². The average Bonchev–Trinajstić information content (AvgIpc) is 3.34. The van der Waals surface area contributed by atoms with Crippen LogP contribution in [-0.4, -0.2) is 66.9 Å². The summed E-state index contributed by atoms with van der Waals surface area (Å²) in [6.45, 7) is 11.2. The molecule has 1 amide bonds. The molecule has 1 saturated heterocycles. The fourth-order valence-electron chi connectivity index (χ4n) is 4.65. The number of anilines is 1. The first-order valence-corrected chi connectivity index (χ1v) is 12.6. The molecule has 4 rings (SSSR count). The normalized spacial score (nSPS) is 18.5. The van der Waals surface area contributed by atoms with Crippen LogP contribution in [0, 0.1) is 6.57 Å². The van der Waals surface area contributed by atoms with Gasteiger partial charge in [0.15, 0.2) is 10.9 Å². The quantitative estimate of drug-likeness (QED) is 0.629. The van der Waals surface area contributed by atoms with Crippen LogP contribution in [0.25, 0.3) is 16.1 Å². The van der Waals surface area contributed by atoms with Crippen molar-refractivity contribution in [3.63, 3.8) is 0 Å². The highest BCUT2D eigenvalue weighted by Crippen LogP contribution is 2.31. The van der Waals surface area contributed by atoms with Crippen molar-refractivity contribution in [1.29, 1.82) is 0 Å². The lowest BCUT2D eigenvalue weighted by Gasteiger charge is -2.36. The lowest BCUT2D eigenvalue weighted by atomic mass is 9.77. The van der Waals surface area contributed by atoms with E-state index in [1.165, 1.54) is 0 Å². The predicted molar refractivity (Wildman–Crippen MR) is 132 cm³/mol. The Morgan fingerprint density at radius 2 is 1.82 bits per heavy atom. The maximum absolute atomic E-state index is 13.0. The second-order valence-electron chi connectivity index (χ2n) is 9.03. The first-order chi connectivity index (χ1) is 16.0. The van der Waals surface area contributed by atoms with Crippen molar-refractivity contribution >= 4 is 28.2 Å². The monoisotopic (exact) mass is 465 g/mol. The largest absolute Gasteiger partial charge is 0.346 e. The van der Waals surface area contributed by atoms with Crippen LogP contribution >= 0.6 is 11.3 Å². The van der Waals surface area contributed by atoms with Crippen molar-refractivity contribution in [2.75, 3.05) is 44.7 Å².